The zero-order chi connectivity index (χ0) is 20.1. The van der Waals surface area contributed by atoms with E-state index in [1.807, 2.05) is 30.3 Å². The fourth-order valence-electron chi connectivity index (χ4n) is 2.47. The highest BCUT2D eigenvalue weighted by atomic mass is 19.4. The molecule has 28 heavy (non-hydrogen) atoms. The number of nitrogens with zero attached hydrogens (tertiary/aromatic N) is 2. The van der Waals surface area contributed by atoms with E-state index in [4.69, 9.17) is 4.52 Å². The largest absolute Gasteiger partial charge is 0.573 e. The molecule has 3 aromatic rings. The van der Waals surface area contributed by atoms with Crippen molar-refractivity contribution in [3.63, 3.8) is 0 Å². The highest BCUT2D eigenvalue weighted by molar-refractivity contribution is 5.94. The van der Waals surface area contributed by atoms with Crippen molar-refractivity contribution in [2.45, 2.75) is 25.7 Å². The summed E-state index contributed by atoms with van der Waals surface area (Å²) in [7, 11) is 0. The first-order valence-corrected chi connectivity index (χ1v) is 8.35. The molecule has 0 saturated heterocycles. The topological polar surface area (TPSA) is 77.3 Å². The maximum Gasteiger partial charge on any atom is 0.573 e. The van der Waals surface area contributed by atoms with E-state index >= 15 is 0 Å². The second-order valence-corrected chi connectivity index (χ2v) is 6.03. The van der Waals surface area contributed by atoms with Crippen molar-refractivity contribution in [2.24, 2.45) is 0 Å². The zero-order valence-corrected chi connectivity index (χ0v) is 14.7. The molecule has 6 nitrogen and oxygen atoms in total. The molecule has 146 valence electrons. The normalized spacial score (nSPS) is 12.4. The first kappa shape index (κ1) is 19.4. The summed E-state index contributed by atoms with van der Waals surface area (Å²) >= 11 is 0. The Hall–Kier alpha value is -3.36. The van der Waals surface area contributed by atoms with Crippen LogP contribution in [0.1, 0.15) is 23.2 Å². The average Bonchev–Trinajstić information content (AvgIpc) is 3.10. The molecule has 0 saturated carbocycles. The van der Waals surface area contributed by atoms with Crippen molar-refractivity contribution in [2.75, 3.05) is 0 Å². The first-order chi connectivity index (χ1) is 13.3. The highest BCUT2D eigenvalue weighted by Gasteiger charge is 2.31. The van der Waals surface area contributed by atoms with Crippen LogP contribution in [0.5, 0.6) is 5.75 Å². The number of hydrogen-bond acceptors (Lipinski definition) is 5. The van der Waals surface area contributed by atoms with Gasteiger partial charge in [-0.25, -0.2) is 0 Å². The maximum atomic E-state index is 12.2. The molecule has 1 unspecified atom stereocenters. The lowest BCUT2D eigenvalue weighted by atomic mass is 10.1. The molecule has 9 heteroatoms. The standard InChI is InChI=1S/C19H16F3N3O3/c1-12(11-16-24-17(25-28-16)13-5-3-2-4-6-13)23-18(26)14-7-9-15(10-8-14)27-19(20,21)22/h2-10,12H,11H2,1H3,(H,23,26). The Balaban J connectivity index is 1.57. The van der Waals surface area contributed by atoms with E-state index in [0.717, 1.165) is 17.7 Å². The van der Waals surface area contributed by atoms with Gasteiger partial charge in [0.1, 0.15) is 5.75 Å². The van der Waals surface area contributed by atoms with Gasteiger partial charge in [0, 0.05) is 23.6 Å². The summed E-state index contributed by atoms with van der Waals surface area (Å²) in [6.45, 7) is 1.76. The van der Waals surface area contributed by atoms with E-state index in [1.54, 1.807) is 6.92 Å². The zero-order valence-electron chi connectivity index (χ0n) is 14.7. The van der Waals surface area contributed by atoms with Crippen LogP contribution in [0.4, 0.5) is 13.2 Å². The minimum atomic E-state index is -4.78. The summed E-state index contributed by atoms with van der Waals surface area (Å²) in [5.74, 6) is -0.0137. The van der Waals surface area contributed by atoms with Gasteiger partial charge in [-0.05, 0) is 31.2 Å². The van der Waals surface area contributed by atoms with Gasteiger partial charge in [-0.15, -0.1) is 13.2 Å². The molecule has 0 aliphatic heterocycles. The third-order valence-corrected chi connectivity index (χ3v) is 3.71. The number of halogens is 3. The summed E-state index contributed by atoms with van der Waals surface area (Å²) in [4.78, 5) is 16.5. The average molecular weight is 391 g/mol. The van der Waals surface area contributed by atoms with Crippen molar-refractivity contribution >= 4 is 5.91 Å². The second-order valence-electron chi connectivity index (χ2n) is 6.03. The van der Waals surface area contributed by atoms with Crippen molar-refractivity contribution in [1.82, 2.24) is 15.5 Å². The number of alkyl halides is 3. The summed E-state index contributed by atoms with van der Waals surface area (Å²) in [5.41, 5.74) is 1.02. The minimum Gasteiger partial charge on any atom is -0.406 e. The van der Waals surface area contributed by atoms with Crippen molar-refractivity contribution in [3.8, 4) is 17.1 Å². The van der Waals surface area contributed by atoms with Crippen molar-refractivity contribution < 1.29 is 27.2 Å². The summed E-state index contributed by atoms with van der Waals surface area (Å²) in [6.07, 6.45) is -4.47. The smallest absolute Gasteiger partial charge is 0.406 e. The Morgan fingerprint density at radius 1 is 1.14 bits per heavy atom. The van der Waals surface area contributed by atoms with E-state index < -0.39 is 18.0 Å². The van der Waals surface area contributed by atoms with Crippen LogP contribution in [0.15, 0.2) is 59.1 Å². The van der Waals surface area contributed by atoms with E-state index in [2.05, 4.69) is 20.2 Å². The molecule has 3 rings (SSSR count). The summed E-state index contributed by atoms with van der Waals surface area (Å²) < 4.78 is 45.5. The number of aromatic nitrogens is 2. The van der Waals surface area contributed by atoms with Gasteiger partial charge < -0.3 is 14.6 Å². The summed E-state index contributed by atoms with van der Waals surface area (Å²) in [6, 6.07) is 13.6. The Morgan fingerprint density at radius 3 is 2.46 bits per heavy atom. The molecular weight excluding hydrogens is 375 g/mol. The molecule has 1 aromatic heterocycles. The van der Waals surface area contributed by atoms with Crippen LogP contribution in [0.2, 0.25) is 0 Å². The number of rotatable bonds is 6. The number of carbonyl (C=O) groups excluding carboxylic acids is 1. The first-order valence-electron chi connectivity index (χ1n) is 8.35. The molecule has 1 heterocycles. The number of ether oxygens (including phenoxy) is 1. The van der Waals surface area contributed by atoms with E-state index in [9.17, 15) is 18.0 Å². The Labute approximate surface area is 158 Å². The molecule has 0 fully saturated rings. The molecule has 1 amide bonds. The van der Waals surface area contributed by atoms with E-state index in [1.165, 1.54) is 12.1 Å². The third kappa shape index (κ3) is 5.32. The molecular formula is C19H16F3N3O3. The Kier molecular flexibility index (Phi) is 5.62. The molecule has 0 aliphatic carbocycles. The predicted octanol–water partition coefficient (Wildman–Crippen LogP) is 4.00. The van der Waals surface area contributed by atoms with Gasteiger partial charge in [-0.2, -0.15) is 4.98 Å². The van der Waals surface area contributed by atoms with Crippen LogP contribution in [0.3, 0.4) is 0 Å². The fourth-order valence-corrected chi connectivity index (χ4v) is 2.47. The minimum absolute atomic E-state index is 0.205. The lowest BCUT2D eigenvalue weighted by Crippen LogP contribution is -2.34. The Bertz CT molecular complexity index is 925. The SMILES string of the molecule is CC(Cc1nc(-c2ccccc2)no1)NC(=O)c1ccc(OC(F)(F)F)cc1. The van der Waals surface area contributed by atoms with Gasteiger partial charge in [0.2, 0.25) is 11.7 Å². The molecule has 1 atom stereocenters. The lowest BCUT2D eigenvalue weighted by molar-refractivity contribution is -0.274. The number of hydrogen-bond donors (Lipinski definition) is 1. The third-order valence-electron chi connectivity index (χ3n) is 3.71. The van der Waals surface area contributed by atoms with Crippen LogP contribution in [-0.4, -0.2) is 28.5 Å². The Morgan fingerprint density at radius 2 is 1.82 bits per heavy atom. The van der Waals surface area contributed by atoms with Crippen LogP contribution in [-0.2, 0) is 6.42 Å². The van der Waals surface area contributed by atoms with Crippen molar-refractivity contribution in [3.05, 3.63) is 66.1 Å². The van der Waals surface area contributed by atoms with Gasteiger partial charge in [0.25, 0.3) is 5.91 Å². The van der Waals surface area contributed by atoms with E-state index in [-0.39, 0.29) is 11.6 Å². The van der Waals surface area contributed by atoms with Crippen LogP contribution in [0, 0.1) is 0 Å². The highest BCUT2D eigenvalue weighted by Crippen LogP contribution is 2.22. The molecule has 2 aromatic carbocycles. The second kappa shape index (κ2) is 8.12. The number of amides is 1. The molecule has 0 bridgehead atoms. The molecule has 0 radical (unpaired) electrons. The predicted molar refractivity (Wildman–Crippen MR) is 93.5 cm³/mol. The number of carbonyl (C=O) groups is 1. The molecule has 0 spiro atoms. The molecule has 0 aliphatic rings. The number of nitrogens with one attached hydrogen (secondary N) is 1. The van der Waals surface area contributed by atoms with Crippen LogP contribution >= 0.6 is 0 Å². The van der Waals surface area contributed by atoms with E-state index in [0.29, 0.717) is 18.1 Å². The molecule has 1 N–H and O–H groups in total. The van der Waals surface area contributed by atoms with Crippen molar-refractivity contribution in [1.29, 1.82) is 0 Å². The summed E-state index contributed by atoms with van der Waals surface area (Å²) in [5, 5.41) is 6.64. The monoisotopic (exact) mass is 391 g/mol. The van der Waals surface area contributed by atoms with Crippen LogP contribution in [0.25, 0.3) is 11.4 Å². The van der Waals surface area contributed by atoms with Crippen LogP contribution < -0.4 is 10.1 Å². The van der Waals surface area contributed by atoms with Gasteiger partial charge in [0.05, 0.1) is 0 Å². The maximum absolute atomic E-state index is 12.2. The number of benzene rings is 2. The fraction of sp³-hybridized carbons (Fsp3) is 0.211. The lowest BCUT2D eigenvalue weighted by Gasteiger charge is -2.12. The van der Waals surface area contributed by atoms with Gasteiger partial charge in [-0.3, -0.25) is 4.79 Å². The van der Waals surface area contributed by atoms with Gasteiger partial charge >= 0.3 is 6.36 Å². The van der Waals surface area contributed by atoms with Gasteiger partial charge in [-0.1, -0.05) is 35.5 Å². The quantitative estimate of drug-likeness (QED) is 0.687. The van der Waals surface area contributed by atoms with Gasteiger partial charge in [0.15, 0.2) is 0 Å².